The molecule has 2 amide bonds. The normalized spacial score (nSPS) is 26.5. The number of carbonyl (C=O) groups excluding carboxylic acids is 4. The number of nitrogens with zero attached hydrogens (tertiary/aromatic N) is 2. The second-order valence-electron chi connectivity index (χ2n) is 20.2. The smallest absolute Gasteiger partial charge is 0.329 e. The maximum Gasteiger partial charge on any atom is 0.329 e. The van der Waals surface area contributed by atoms with Crippen molar-refractivity contribution in [1.29, 1.82) is 0 Å². The largest absolute Gasteiger partial charge is 0.503 e. The number of amides is 2. The van der Waals surface area contributed by atoms with Gasteiger partial charge in [0.2, 0.25) is 0 Å². The van der Waals surface area contributed by atoms with Crippen molar-refractivity contribution in [2.45, 2.75) is 160 Å². The molecule has 17 heteroatoms. The molecule has 0 spiro atoms. The number of methoxy groups -OCH3 is 2. The highest BCUT2D eigenvalue weighted by atomic mass is 19.1. The first kappa shape index (κ1) is 53.3. The molecule has 5 fully saturated rings. The zero-order chi connectivity index (χ0) is 50.4. The minimum Gasteiger partial charge on any atom is -0.503 e. The Bertz CT molecular complexity index is 2240. The summed E-state index contributed by atoms with van der Waals surface area (Å²) in [5.41, 5.74) is 0.587. The van der Waals surface area contributed by atoms with Gasteiger partial charge in [-0.1, -0.05) is 57.1 Å². The zero-order valence-corrected chi connectivity index (χ0v) is 41.7. The molecule has 2 saturated heterocycles. The number of aromatic nitrogens is 2. The second kappa shape index (κ2) is 25.7. The number of halogens is 1. The Morgan fingerprint density at radius 1 is 0.620 bits per heavy atom. The predicted molar refractivity (Wildman–Crippen MR) is 259 cm³/mol. The van der Waals surface area contributed by atoms with Crippen LogP contribution in [0.2, 0.25) is 0 Å². The van der Waals surface area contributed by atoms with Gasteiger partial charge in [0.15, 0.2) is 34.4 Å². The lowest BCUT2D eigenvalue weighted by Crippen LogP contribution is -2.44. The highest BCUT2D eigenvalue weighted by Gasteiger charge is 2.39. The van der Waals surface area contributed by atoms with Crippen LogP contribution in [0, 0.1) is 35.4 Å². The first-order valence-electron chi connectivity index (χ1n) is 25.8. The van der Waals surface area contributed by atoms with E-state index in [1.54, 1.807) is 12.1 Å². The van der Waals surface area contributed by atoms with Gasteiger partial charge in [0.1, 0.15) is 30.1 Å². The fourth-order valence-electron chi connectivity index (χ4n) is 10.3. The van der Waals surface area contributed by atoms with E-state index in [1.807, 2.05) is 13.8 Å². The number of benzene rings is 1. The summed E-state index contributed by atoms with van der Waals surface area (Å²) in [7, 11) is 2.77. The van der Waals surface area contributed by atoms with Gasteiger partial charge in [0, 0.05) is 37.7 Å². The van der Waals surface area contributed by atoms with Crippen molar-refractivity contribution in [1.82, 2.24) is 20.6 Å². The van der Waals surface area contributed by atoms with Crippen LogP contribution in [-0.4, -0.2) is 108 Å². The number of aromatic hydroxyl groups is 2. The Balaban J connectivity index is 0.000000209. The standard InChI is InChI=1S/C27H33FN2O6.C27H40N2O6/c1-16-25(35-15-18-6-7-18)19(14-17-8-10-20(28)11-9-17)4-3-5-21(27(33)36-16)30-26(32)23-24(31)22(34-2)12-13-29-23;1-17-25(34-16-19-11-12-19)20(15-18-7-4-3-5-8-18)9-6-10-21(27(32)35-17)29-26(31)23-24(30)22(33-2)13-14-28-23/h8-13,16,18-19,21,25,31H,3-7,14-15H2,1-2H3,(H,30,32);13-14,17-21,25,30H,3-12,15-16H2,1-2H3,(H,29,31)/t16-,19+,21-,25-;17-,20+,21-,25-/m00/s1. The van der Waals surface area contributed by atoms with Gasteiger partial charge in [0.05, 0.1) is 26.4 Å². The molecule has 4 N–H and O–H groups in total. The van der Waals surface area contributed by atoms with Crippen molar-refractivity contribution < 1.29 is 62.2 Å². The van der Waals surface area contributed by atoms with Crippen molar-refractivity contribution >= 4 is 23.8 Å². The monoisotopic (exact) mass is 989 g/mol. The molecule has 0 bridgehead atoms. The van der Waals surface area contributed by atoms with Crippen LogP contribution in [0.25, 0.3) is 0 Å². The third-order valence-corrected chi connectivity index (χ3v) is 14.6. The summed E-state index contributed by atoms with van der Waals surface area (Å²) < 4.78 is 48.0. The molecule has 3 aliphatic carbocycles. The van der Waals surface area contributed by atoms with Crippen LogP contribution in [0.1, 0.15) is 143 Å². The molecule has 4 heterocycles. The fourth-order valence-corrected chi connectivity index (χ4v) is 10.3. The molecule has 71 heavy (non-hydrogen) atoms. The van der Waals surface area contributed by atoms with Gasteiger partial charge in [-0.2, -0.15) is 0 Å². The summed E-state index contributed by atoms with van der Waals surface area (Å²) in [6, 6.07) is 7.63. The number of rotatable bonds is 16. The lowest BCUT2D eigenvalue weighted by atomic mass is 9.78. The van der Waals surface area contributed by atoms with Crippen molar-refractivity contribution in [2.75, 3.05) is 27.4 Å². The van der Waals surface area contributed by atoms with E-state index in [-0.39, 0.29) is 52.6 Å². The summed E-state index contributed by atoms with van der Waals surface area (Å²) in [6.07, 6.45) is 18.2. The molecule has 2 aliphatic heterocycles. The van der Waals surface area contributed by atoms with Crippen LogP contribution in [0.3, 0.4) is 0 Å². The number of esters is 2. The quantitative estimate of drug-likeness (QED) is 0.0997. The maximum atomic E-state index is 13.4. The molecule has 0 radical (unpaired) electrons. The number of nitrogens with one attached hydrogen (secondary N) is 2. The van der Waals surface area contributed by atoms with Gasteiger partial charge in [-0.15, -0.1) is 0 Å². The molecule has 5 aliphatic rings. The second-order valence-corrected chi connectivity index (χ2v) is 20.2. The highest BCUT2D eigenvalue weighted by Crippen LogP contribution is 2.38. The highest BCUT2D eigenvalue weighted by molar-refractivity contribution is 5.98. The number of cyclic esters (lactones) is 2. The lowest BCUT2D eigenvalue weighted by Gasteiger charge is -2.34. The van der Waals surface area contributed by atoms with Gasteiger partial charge in [-0.25, -0.2) is 23.9 Å². The Morgan fingerprint density at radius 3 is 1.55 bits per heavy atom. The number of hydrogen-bond acceptors (Lipinski definition) is 14. The molecule has 3 aromatic rings. The maximum absolute atomic E-state index is 13.4. The van der Waals surface area contributed by atoms with Crippen LogP contribution >= 0.6 is 0 Å². The number of pyridine rings is 2. The molecule has 388 valence electrons. The average molecular weight is 989 g/mol. The van der Waals surface area contributed by atoms with E-state index in [2.05, 4.69) is 20.6 Å². The van der Waals surface area contributed by atoms with Crippen LogP contribution in [0.4, 0.5) is 4.39 Å². The summed E-state index contributed by atoms with van der Waals surface area (Å²) in [5, 5.41) is 26.0. The van der Waals surface area contributed by atoms with Crippen LogP contribution in [0.15, 0.2) is 48.8 Å². The topological polar surface area (TPSA) is 214 Å². The van der Waals surface area contributed by atoms with Crippen molar-refractivity contribution in [3.05, 3.63) is 71.6 Å². The Kier molecular flexibility index (Phi) is 19.3. The van der Waals surface area contributed by atoms with Crippen molar-refractivity contribution in [3.8, 4) is 23.0 Å². The Labute approximate surface area is 416 Å². The molecule has 8 atom stereocenters. The molecule has 1 aromatic carbocycles. The van der Waals surface area contributed by atoms with E-state index in [1.165, 1.54) is 95.8 Å². The summed E-state index contributed by atoms with van der Waals surface area (Å²) in [5.74, 6) is -0.834. The third-order valence-electron chi connectivity index (χ3n) is 14.6. The molecule has 0 unspecified atom stereocenters. The van der Waals surface area contributed by atoms with E-state index in [9.17, 15) is 33.8 Å². The summed E-state index contributed by atoms with van der Waals surface area (Å²) in [6.45, 7) is 5.08. The number of ether oxygens (including phenoxy) is 6. The van der Waals surface area contributed by atoms with Gasteiger partial charge in [-0.05, 0) is 125 Å². The van der Waals surface area contributed by atoms with Crippen LogP contribution in [-0.2, 0) is 35.0 Å². The average Bonchev–Trinajstić information content (AvgIpc) is 4.32. The van der Waals surface area contributed by atoms with Crippen LogP contribution < -0.4 is 20.1 Å². The van der Waals surface area contributed by atoms with E-state index in [4.69, 9.17) is 28.4 Å². The van der Waals surface area contributed by atoms with Gasteiger partial charge in [-0.3, -0.25) is 9.59 Å². The SMILES string of the molecule is COc1ccnc(C(=O)N[C@H]2CCC[C@H](CC3CCCCC3)[C@@H](OCC3CC3)[C@H](C)OC2=O)c1O.COc1ccnc(C(=O)N[C@H]2CCC[C@H](Cc3ccc(F)cc3)[C@@H](OCC3CC3)[C@H](C)OC2=O)c1O. The molecule has 2 aromatic heterocycles. The van der Waals surface area contributed by atoms with E-state index in [0.717, 1.165) is 50.7 Å². The minimum atomic E-state index is -0.902. The van der Waals surface area contributed by atoms with Crippen molar-refractivity contribution in [3.63, 3.8) is 0 Å². The third kappa shape index (κ3) is 15.2. The van der Waals surface area contributed by atoms with E-state index in [0.29, 0.717) is 56.0 Å². The van der Waals surface area contributed by atoms with E-state index >= 15 is 0 Å². The lowest BCUT2D eigenvalue weighted by molar-refractivity contribution is -0.162. The van der Waals surface area contributed by atoms with Gasteiger partial charge >= 0.3 is 11.9 Å². The predicted octanol–water partition coefficient (Wildman–Crippen LogP) is 8.19. The fraction of sp³-hybridized carbons (Fsp3) is 0.630. The number of hydrogen-bond donors (Lipinski definition) is 4. The zero-order valence-electron chi connectivity index (χ0n) is 41.7. The number of carbonyl (C=O) groups is 4. The van der Waals surface area contributed by atoms with Crippen molar-refractivity contribution in [2.24, 2.45) is 29.6 Å². The molecular weight excluding hydrogens is 916 g/mol. The van der Waals surface area contributed by atoms with Crippen LogP contribution in [0.5, 0.6) is 23.0 Å². The molecule has 3 saturated carbocycles. The Morgan fingerprint density at radius 2 is 1.08 bits per heavy atom. The van der Waals surface area contributed by atoms with Gasteiger partial charge in [0.25, 0.3) is 11.8 Å². The minimum absolute atomic E-state index is 0.0514. The molecule has 8 rings (SSSR count). The van der Waals surface area contributed by atoms with E-state index < -0.39 is 53.8 Å². The Hall–Kier alpha value is -5.55. The first-order valence-corrected chi connectivity index (χ1v) is 25.8. The summed E-state index contributed by atoms with van der Waals surface area (Å²) in [4.78, 5) is 59.8. The first-order chi connectivity index (χ1) is 34.3. The molecular formula is C54H73FN4O12. The molecule has 16 nitrogen and oxygen atoms in total. The summed E-state index contributed by atoms with van der Waals surface area (Å²) >= 11 is 0. The van der Waals surface area contributed by atoms with Gasteiger partial charge < -0.3 is 49.3 Å².